The number of hydrogen-bond donors (Lipinski definition) is 1. The molecule has 0 atom stereocenters. The van der Waals surface area contributed by atoms with E-state index in [4.69, 9.17) is 4.52 Å². The summed E-state index contributed by atoms with van der Waals surface area (Å²) in [6.07, 6.45) is -0.0787. The number of amides is 1. The molecule has 7 heteroatoms. The molecule has 0 bridgehead atoms. The van der Waals surface area contributed by atoms with Crippen LogP contribution in [0.15, 0.2) is 33.7 Å². The van der Waals surface area contributed by atoms with Crippen molar-refractivity contribution < 1.29 is 17.7 Å². The van der Waals surface area contributed by atoms with E-state index in [1.807, 2.05) is 20.8 Å². The fraction of sp³-hybridized carbons (Fsp3) is 0.444. The third kappa shape index (κ3) is 5.16. The minimum absolute atomic E-state index is 0.0787. The molecule has 2 rings (SSSR count). The number of carbonyl (C=O) groups is 1. The standard InChI is InChI=1S/C18H24N2O4S/c1-12-6-7-14(15-10-13(2)20-24-15)11-16(12)25(22,23)9-8-17(21)19-18(3,4)5/h6-7,10-11H,8-9H2,1-5H3,(H,19,21). The molecular formula is C18H24N2O4S. The lowest BCUT2D eigenvalue weighted by Crippen LogP contribution is -2.41. The summed E-state index contributed by atoms with van der Waals surface area (Å²) in [6, 6.07) is 6.85. The Labute approximate surface area is 148 Å². The molecule has 2 aromatic rings. The van der Waals surface area contributed by atoms with E-state index in [-0.39, 0.29) is 28.5 Å². The topological polar surface area (TPSA) is 89.3 Å². The molecular weight excluding hydrogens is 340 g/mol. The van der Waals surface area contributed by atoms with Gasteiger partial charge in [-0.1, -0.05) is 17.3 Å². The van der Waals surface area contributed by atoms with E-state index in [2.05, 4.69) is 10.5 Å². The number of benzene rings is 1. The maximum absolute atomic E-state index is 12.7. The van der Waals surface area contributed by atoms with Gasteiger partial charge in [0.15, 0.2) is 15.6 Å². The highest BCUT2D eigenvalue weighted by Crippen LogP contribution is 2.26. The molecule has 1 heterocycles. The van der Waals surface area contributed by atoms with Crippen molar-refractivity contribution in [1.82, 2.24) is 10.5 Å². The van der Waals surface area contributed by atoms with E-state index in [9.17, 15) is 13.2 Å². The van der Waals surface area contributed by atoms with Gasteiger partial charge in [-0.05, 0) is 46.2 Å². The molecule has 25 heavy (non-hydrogen) atoms. The highest BCUT2D eigenvalue weighted by atomic mass is 32.2. The molecule has 0 saturated heterocycles. The Kier molecular flexibility index (Phi) is 5.37. The van der Waals surface area contributed by atoms with Crippen LogP contribution in [0.25, 0.3) is 11.3 Å². The van der Waals surface area contributed by atoms with Crippen LogP contribution in [0.2, 0.25) is 0 Å². The van der Waals surface area contributed by atoms with Crippen LogP contribution in [0.1, 0.15) is 38.4 Å². The quantitative estimate of drug-likeness (QED) is 0.881. The van der Waals surface area contributed by atoms with Gasteiger partial charge < -0.3 is 9.84 Å². The summed E-state index contributed by atoms with van der Waals surface area (Å²) in [6.45, 7) is 9.09. The lowest BCUT2D eigenvalue weighted by molar-refractivity contribution is -0.122. The molecule has 0 fully saturated rings. The molecule has 1 amide bonds. The zero-order valence-electron chi connectivity index (χ0n) is 15.2. The Bertz CT molecular complexity index is 877. The summed E-state index contributed by atoms with van der Waals surface area (Å²) < 4.78 is 30.6. The molecule has 1 aromatic heterocycles. The lowest BCUT2D eigenvalue weighted by atomic mass is 10.1. The van der Waals surface area contributed by atoms with Crippen LogP contribution in [-0.2, 0) is 14.6 Å². The van der Waals surface area contributed by atoms with E-state index in [1.165, 1.54) is 0 Å². The Hall–Kier alpha value is -2.15. The van der Waals surface area contributed by atoms with E-state index in [1.54, 1.807) is 38.1 Å². The minimum Gasteiger partial charge on any atom is -0.356 e. The van der Waals surface area contributed by atoms with Crippen molar-refractivity contribution in [2.24, 2.45) is 0 Å². The van der Waals surface area contributed by atoms with E-state index < -0.39 is 9.84 Å². The van der Waals surface area contributed by atoms with Crippen molar-refractivity contribution in [1.29, 1.82) is 0 Å². The first-order chi connectivity index (χ1) is 11.5. The molecule has 0 aliphatic rings. The summed E-state index contributed by atoms with van der Waals surface area (Å²) in [4.78, 5) is 12.1. The number of aromatic nitrogens is 1. The number of aryl methyl sites for hydroxylation is 2. The third-order valence-electron chi connectivity index (χ3n) is 3.55. The summed E-state index contributed by atoms with van der Waals surface area (Å²) in [7, 11) is -3.59. The van der Waals surface area contributed by atoms with E-state index >= 15 is 0 Å². The number of sulfone groups is 1. The fourth-order valence-corrected chi connectivity index (χ4v) is 3.94. The number of rotatable bonds is 5. The van der Waals surface area contributed by atoms with Gasteiger partial charge >= 0.3 is 0 Å². The second kappa shape index (κ2) is 7.00. The van der Waals surface area contributed by atoms with Crippen LogP contribution in [0, 0.1) is 13.8 Å². The molecule has 136 valence electrons. The average molecular weight is 364 g/mol. The third-order valence-corrected chi connectivity index (χ3v) is 5.40. The van der Waals surface area contributed by atoms with Crippen LogP contribution >= 0.6 is 0 Å². The van der Waals surface area contributed by atoms with Crippen molar-refractivity contribution in [3.05, 3.63) is 35.5 Å². The van der Waals surface area contributed by atoms with Gasteiger partial charge in [0.1, 0.15) is 0 Å². The predicted octanol–water partition coefficient (Wildman–Crippen LogP) is 3.04. The monoisotopic (exact) mass is 364 g/mol. The van der Waals surface area contributed by atoms with Crippen LogP contribution in [0.4, 0.5) is 0 Å². The normalized spacial score (nSPS) is 12.2. The molecule has 0 radical (unpaired) electrons. The highest BCUT2D eigenvalue weighted by molar-refractivity contribution is 7.91. The van der Waals surface area contributed by atoms with Gasteiger partial charge in [-0.15, -0.1) is 0 Å². The molecule has 0 saturated carbocycles. The Morgan fingerprint density at radius 1 is 1.20 bits per heavy atom. The smallest absolute Gasteiger partial charge is 0.221 e. The van der Waals surface area contributed by atoms with Crippen molar-refractivity contribution in [3.8, 4) is 11.3 Å². The molecule has 0 aliphatic heterocycles. The number of nitrogens with one attached hydrogen (secondary N) is 1. The fourth-order valence-electron chi connectivity index (χ4n) is 2.41. The summed E-state index contributed by atoms with van der Waals surface area (Å²) in [5.74, 6) is -0.00979. The minimum atomic E-state index is -3.59. The molecule has 1 N–H and O–H groups in total. The van der Waals surface area contributed by atoms with Crippen LogP contribution in [-0.4, -0.2) is 30.8 Å². The number of carbonyl (C=O) groups excluding carboxylic acids is 1. The molecule has 0 aliphatic carbocycles. The average Bonchev–Trinajstić information content (AvgIpc) is 2.90. The van der Waals surface area contributed by atoms with Crippen LogP contribution < -0.4 is 5.32 Å². The van der Waals surface area contributed by atoms with Gasteiger partial charge in [-0.3, -0.25) is 4.79 Å². The summed E-state index contributed by atoms with van der Waals surface area (Å²) >= 11 is 0. The summed E-state index contributed by atoms with van der Waals surface area (Å²) in [5, 5.41) is 6.59. The second-order valence-corrected chi connectivity index (χ2v) is 9.26. The predicted molar refractivity (Wildman–Crippen MR) is 96.0 cm³/mol. The van der Waals surface area contributed by atoms with Crippen molar-refractivity contribution in [3.63, 3.8) is 0 Å². The van der Waals surface area contributed by atoms with E-state index in [0.29, 0.717) is 16.9 Å². The maximum Gasteiger partial charge on any atom is 0.221 e. The first-order valence-electron chi connectivity index (χ1n) is 8.06. The second-order valence-electron chi connectivity index (χ2n) is 7.18. The van der Waals surface area contributed by atoms with Crippen LogP contribution in [0.3, 0.4) is 0 Å². The zero-order chi connectivity index (χ0) is 18.8. The molecule has 1 aromatic carbocycles. The SMILES string of the molecule is Cc1cc(-c2ccc(C)c(S(=O)(=O)CCC(=O)NC(C)(C)C)c2)on1. The Morgan fingerprint density at radius 3 is 2.44 bits per heavy atom. The Balaban J connectivity index is 2.22. The van der Waals surface area contributed by atoms with Gasteiger partial charge in [0, 0.05) is 23.6 Å². The largest absolute Gasteiger partial charge is 0.356 e. The van der Waals surface area contributed by atoms with Crippen molar-refractivity contribution >= 4 is 15.7 Å². The maximum atomic E-state index is 12.7. The van der Waals surface area contributed by atoms with Crippen molar-refractivity contribution in [2.75, 3.05) is 5.75 Å². The zero-order valence-corrected chi connectivity index (χ0v) is 16.0. The first kappa shape index (κ1) is 19.2. The molecule has 0 unspecified atom stereocenters. The highest BCUT2D eigenvalue weighted by Gasteiger charge is 2.22. The van der Waals surface area contributed by atoms with E-state index in [0.717, 1.165) is 5.69 Å². The summed E-state index contributed by atoms with van der Waals surface area (Å²) in [5.41, 5.74) is 1.61. The molecule has 6 nitrogen and oxygen atoms in total. The van der Waals surface area contributed by atoms with Gasteiger partial charge in [0.05, 0.1) is 16.3 Å². The van der Waals surface area contributed by atoms with Crippen LogP contribution in [0.5, 0.6) is 0 Å². The molecule has 0 spiro atoms. The Morgan fingerprint density at radius 2 is 1.88 bits per heavy atom. The van der Waals surface area contributed by atoms with Gasteiger partial charge in [0.2, 0.25) is 5.91 Å². The van der Waals surface area contributed by atoms with Crippen molar-refractivity contribution in [2.45, 2.75) is 51.5 Å². The number of hydrogen-bond acceptors (Lipinski definition) is 5. The van der Waals surface area contributed by atoms with Gasteiger partial charge in [-0.2, -0.15) is 0 Å². The van der Waals surface area contributed by atoms with Gasteiger partial charge in [0.25, 0.3) is 0 Å². The first-order valence-corrected chi connectivity index (χ1v) is 9.71. The number of nitrogens with zero attached hydrogens (tertiary/aromatic N) is 1. The lowest BCUT2D eigenvalue weighted by Gasteiger charge is -2.20. The van der Waals surface area contributed by atoms with Gasteiger partial charge in [-0.25, -0.2) is 8.42 Å².